The molecule has 2 aliphatic carbocycles. The van der Waals surface area contributed by atoms with Crippen LogP contribution in [0.1, 0.15) is 32.6 Å². The van der Waals surface area contributed by atoms with E-state index in [1.54, 1.807) is 7.11 Å². The van der Waals surface area contributed by atoms with Crippen LogP contribution < -0.4 is 5.32 Å². The number of nitrogens with one attached hydrogen (secondary N) is 1. The third-order valence-corrected chi connectivity index (χ3v) is 5.12. The van der Waals surface area contributed by atoms with Crippen LogP contribution >= 0.6 is 0 Å². The van der Waals surface area contributed by atoms with Crippen molar-refractivity contribution in [1.82, 2.24) is 10.2 Å². The first-order chi connectivity index (χ1) is 9.99. The van der Waals surface area contributed by atoms with Crippen molar-refractivity contribution in [3.05, 3.63) is 0 Å². The minimum atomic E-state index is -0.546. The molecule has 5 unspecified atom stereocenters. The molecule has 5 heteroatoms. The van der Waals surface area contributed by atoms with Crippen molar-refractivity contribution in [2.45, 2.75) is 44.8 Å². The summed E-state index contributed by atoms with van der Waals surface area (Å²) in [5, 5.41) is 12.8. The van der Waals surface area contributed by atoms with Crippen LogP contribution in [0.3, 0.4) is 0 Å². The van der Waals surface area contributed by atoms with E-state index in [4.69, 9.17) is 4.74 Å². The Labute approximate surface area is 128 Å². The SMILES string of the molecule is COCC(O)CN(C)CC(=O)NC(C)C1CC2CCC1C2. The molecule has 2 rings (SSSR count). The van der Waals surface area contributed by atoms with Gasteiger partial charge in [-0.05, 0) is 51.0 Å². The molecule has 0 aromatic rings. The lowest BCUT2D eigenvalue weighted by molar-refractivity contribution is -0.123. The number of rotatable bonds is 8. The van der Waals surface area contributed by atoms with Crippen molar-refractivity contribution in [2.24, 2.45) is 17.8 Å². The predicted molar refractivity (Wildman–Crippen MR) is 81.9 cm³/mol. The highest BCUT2D eigenvalue weighted by Gasteiger charge is 2.42. The summed E-state index contributed by atoms with van der Waals surface area (Å²) in [5.74, 6) is 2.45. The molecule has 0 heterocycles. The average Bonchev–Trinajstić information content (AvgIpc) is 3.00. The molecule has 2 aliphatic rings. The molecule has 5 atom stereocenters. The van der Waals surface area contributed by atoms with Gasteiger partial charge in [0.2, 0.25) is 5.91 Å². The van der Waals surface area contributed by atoms with E-state index in [9.17, 15) is 9.90 Å². The summed E-state index contributed by atoms with van der Waals surface area (Å²) in [4.78, 5) is 13.9. The van der Waals surface area contributed by atoms with Crippen LogP contribution in [0.15, 0.2) is 0 Å². The van der Waals surface area contributed by atoms with Crippen LogP contribution in [-0.2, 0) is 9.53 Å². The van der Waals surface area contributed by atoms with Crippen molar-refractivity contribution >= 4 is 5.91 Å². The van der Waals surface area contributed by atoms with Gasteiger partial charge in [-0.15, -0.1) is 0 Å². The third kappa shape index (κ3) is 4.66. The van der Waals surface area contributed by atoms with Gasteiger partial charge in [-0.3, -0.25) is 9.69 Å². The lowest BCUT2D eigenvalue weighted by atomic mass is 9.84. The molecule has 2 fully saturated rings. The summed E-state index contributed by atoms with van der Waals surface area (Å²) in [7, 11) is 3.41. The topological polar surface area (TPSA) is 61.8 Å². The number of likely N-dealkylation sites (N-methyl/N-ethyl adjacent to an activating group) is 1. The highest BCUT2D eigenvalue weighted by Crippen LogP contribution is 2.49. The summed E-state index contributed by atoms with van der Waals surface area (Å²) >= 11 is 0. The molecule has 1 amide bonds. The largest absolute Gasteiger partial charge is 0.389 e. The summed E-state index contributed by atoms with van der Waals surface area (Å²) < 4.78 is 4.89. The second-order valence-electron chi connectivity index (χ2n) is 7.00. The molecular weight excluding hydrogens is 268 g/mol. The first-order valence-electron chi connectivity index (χ1n) is 8.14. The lowest BCUT2D eigenvalue weighted by Crippen LogP contribution is -2.45. The second-order valence-corrected chi connectivity index (χ2v) is 7.00. The van der Waals surface area contributed by atoms with E-state index in [1.165, 1.54) is 25.7 Å². The molecule has 2 saturated carbocycles. The first-order valence-corrected chi connectivity index (χ1v) is 8.14. The molecule has 0 radical (unpaired) electrons. The van der Waals surface area contributed by atoms with Gasteiger partial charge in [-0.1, -0.05) is 6.42 Å². The Morgan fingerprint density at radius 2 is 2.19 bits per heavy atom. The Bertz CT molecular complexity index is 350. The van der Waals surface area contributed by atoms with E-state index < -0.39 is 6.10 Å². The number of amides is 1. The molecule has 0 spiro atoms. The van der Waals surface area contributed by atoms with E-state index in [-0.39, 0.29) is 11.9 Å². The fourth-order valence-corrected chi connectivity index (χ4v) is 4.23. The van der Waals surface area contributed by atoms with Gasteiger partial charge < -0.3 is 15.2 Å². The maximum Gasteiger partial charge on any atom is 0.234 e. The molecular formula is C16H30N2O3. The maximum absolute atomic E-state index is 12.1. The monoisotopic (exact) mass is 298 g/mol. The zero-order chi connectivity index (χ0) is 15.4. The number of aliphatic hydroxyl groups excluding tert-OH is 1. The third-order valence-electron chi connectivity index (χ3n) is 5.12. The number of fused-ring (bicyclic) bond motifs is 2. The molecule has 2 N–H and O–H groups in total. The molecule has 21 heavy (non-hydrogen) atoms. The van der Waals surface area contributed by atoms with Crippen molar-refractivity contribution in [3.63, 3.8) is 0 Å². The van der Waals surface area contributed by atoms with E-state index >= 15 is 0 Å². The number of methoxy groups -OCH3 is 1. The molecule has 5 nitrogen and oxygen atoms in total. The van der Waals surface area contributed by atoms with Crippen LogP contribution in [0.25, 0.3) is 0 Å². The summed E-state index contributed by atoms with van der Waals surface area (Å²) in [6.07, 6.45) is 4.85. The Morgan fingerprint density at radius 1 is 1.43 bits per heavy atom. The second kappa shape index (κ2) is 7.56. The van der Waals surface area contributed by atoms with Gasteiger partial charge in [0.05, 0.1) is 19.3 Å². The molecule has 0 saturated heterocycles. The number of hydrogen-bond acceptors (Lipinski definition) is 4. The summed E-state index contributed by atoms with van der Waals surface area (Å²) in [5.41, 5.74) is 0. The minimum absolute atomic E-state index is 0.0531. The van der Waals surface area contributed by atoms with E-state index in [2.05, 4.69) is 12.2 Å². The predicted octanol–water partition coefficient (Wildman–Crippen LogP) is 0.866. The Kier molecular flexibility index (Phi) is 6.02. The number of carbonyl (C=O) groups is 1. The van der Waals surface area contributed by atoms with Crippen LogP contribution in [0, 0.1) is 17.8 Å². The molecule has 2 bridgehead atoms. The van der Waals surface area contributed by atoms with E-state index in [0.717, 1.165) is 11.8 Å². The number of carbonyl (C=O) groups excluding carboxylic acids is 1. The zero-order valence-corrected chi connectivity index (χ0v) is 13.5. The van der Waals surface area contributed by atoms with Crippen molar-refractivity contribution in [1.29, 1.82) is 0 Å². The number of nitrogens with zero attached hydrogens (tertiary/aromatic N) is 1. The van der Waals surface area contributed by atoms with Crippen LogP contribution in [0.5, 0.6) is 0 Å². The Balaban J connectivity index is 1.69. The van der Waals surface area contributed by atoms with Gasteiger partial charge in [0.25, 0.3) is 0 Å². The average molecular weight is 298 g/mol. The van der Waals surface area contributed by atoms with Gasteiger partial charge in [-0.2, -0.15) is 0 Å². The number of hydrogen-bond donors (Lipinski definition) is 2. The van der Waals surface area contributed by atoms with Gasteiger partial charge in [0.1, 0.15) is 0 Å². The fraction of sp³-hybridized carbons (Fsp3) is 0.938. The molecule has 122 valence electrons. The molecule has 0 aliphatic heterocycles. The summed E-state index contributed by atoms with van der Waals surface area (Å²) in [6, 6.07) is 0.269. The smallest absolute Gasteiger partial charge is 0.234 e. The summed E-state index contributed by atoms with van der Waals surface area (Å²) in [6.45, 7) is 3.21. The van der Waals surface area contributed by atoms with Crippen LogP contribution in [0.2, 0.25) is 0 Å². The van der Waals surface area contributed by atoms with Crippen LogP contribution in [0.4, 0.5) is 0 Å². The Hall–Kier alpha value is -0.650. The van der Waals surface area contributed by atoms with E-state index in [0.29, 0.717) is 25.6 Å². The van der Waals surface area contributed by atoms with Gasteiger partial charge in [-0.25, -0.2) is 0 Å². The van der Waals surface area contributed by atoms with Crippen LogP contribution in [-0.4, -0.2) is 61.9 Å². The molecule has 0 aromatic carbocycles. The number of aliphatic hydroxyl groups is 1. The quantitative estimate of drug-likeness (QED) is 0.698. The van der Waals surface area contributed by atoms with Gasteiger partial charge in [0, 0.05) is 19.7 Å². The minimum Gasteiger partial charge on any atom is -0.389 e. The first kappa shape index (κ1) is 16.7. The van der Waals surface area contributed by atoms with E-state index in [1.807, 2.05) is 11.9 Å². The highest BCUT2D eigenvalue weighted by atomic mass is 16.5. The van der Waals surface area contributed by atoms with Crippen molar-refractivity contribution in [3.8, 4) is 0 Å². The van der Waals surface area contributed by atoms with Gasteiger partial charge >= 0.3 is 0 Å². The van der Waals surface area contributed by atoms with Crippen molar-refractivity contribution in [2.75, 3.05) is 33.9 Å². The zero-order valence-electron chi connectivity index (χ0n) is 13.5. The fourth-order valence-electron chi connectivity index (χ4n) is 4.23. The maximum atomic E-state index is 12.1. The Morgan fingerprint density at radius 3 is 2.76 bits per heavy atom. The standard InChI is InChI=1S/C16H30N2O3/c1-11(15-7-12-4-5-13(15)6-12)17-16(20)9-18(2)8-14(19)10-21-3/h11-15,19H,4-10H2,1-3H3,(H,17,20). The normalized spacial score (nSPS) is 30.6. The molecule has 0 aromatic heterocycles. The number of ether oxygens (including phenoxy) is 1. The highest BCUT2D eigenvalue weighted by molar-refractivity contribution is 5.78. The van der Waals surface area contributed by atoms with Crippen molar-refractivity contribution < 1.29 is 14.6 Å². The lowest BCUT2D eigenvalue weighted by Gasteiger charge is -2.29. The van der Waals surface area contributed by atoms with Gasteiger partial charge in [0.15, 0.2) is 0 Å².